The maximum atomic E-state index is 13.3. The van der Waals surface area contributed by atoms with Crippen LogP contribution in [0, 0.1) is 0 Å². The molecule has 0 spiro atoms. The van der Waals surface area contributed by atoms with E-state index >= 15 is 0 Å². The first-order chi connectivity index (χ1) is 14.5. The van der Waals surface area contributed by atoms with E-state index in [0.29, 0.717) is 18.2 Å². The van der Waals surface area contributed by atoms with Gasteiger partial charge in [0.05, 0.1) is 16.6 Å². The highest BCUT2D eigenvalue weighted by Gasteiger charge is 2.20. The lowest BCUT2D eigenvalue weighted by molar-refractivity contribution is -0.118. The van der Waals surface area contributed by atoms with Crippen molar-refractivity contribution in [3.05, 3.63) is 54.1 Å². The molecular formula is C24H32ClN3OS2. The molecular weight excluding hydrogens is 446 g/mol. The molecule has 31 heavy (non-hydrogen) atoms. The number of thiazole rings is 1. The number of rotatable bonds is 10. The van der Waals surface area contributed by atoms with Crippen LogP contribution in [0.1, 0.15) is 33.3 Å². The lowest BCUT2D eigenvalue weighted by Gasteiger charge is -2.24. The third-order valence-corrected chi connectivity index (χ3v) is 7.07. The molecule has 1 amide bonds. The highest BCUT2D eigenvalue weighted by molar-refractivity contribution is 7.99. The number of fused-ring (bicyclic) bond motifs is 1. The Bertz CT molecular complexity index is 922. The van der Waals surface area contributed by atoms with Crippen LogP contribution in [0.5, 0.6) is 0 Å². The van der Waals surface area contributed by atoms with Crippen molar-refractivity contribution in [2.24, 2.45) is 0 Å². The summed E-state index contributed by atoms with van der Waals surface area (Å²) in [7, 11) is 0. The minimum atomic E-state index is 0. The first kappa shape index (κ1) is 25.7. The van der Waals surface area contributed by atoms with Crippen LogP contribution in [0.3, 0.4) is 0 Å². The van der Waals surface area contributed by atoms with E-state index in [0.717, 1.165) is 40.5 Å². The Hall–Kier alpha value is -1.60. The molecule has 0 saturated carbocycles. The Labute approximate surface area is 200 Å². The molecule has 0 atom stereocenters. The van der Waals surface area contributed by atoms with Crippen molar-refractivity contribution in [2.45, 2.75) is 44.3 Å². The summed E-state index contributed by atoms with van der Waals surface area (Å²) in [6.07, 6.45) is 0.390. The molecule has 4 nitrogen and oxygen atoms in total. The standard InChI is InChI=1S/C24H31N3OS2.ClH/c1-5-26(6-2)15-16-27(24-25-21-9-7-8-10-22(21)30-24)23(28)17-19-11-13-20(14-12-19)29-18(3)4;/h7-14,18H,5-6,15-17H2,1-4H3;1H. The molecule has 3 rings (SSSR count). The number of thioether (sulfide) groups is 1. The molecule has 1 aromatic heterocycles. The fourth-order valence-corrected chi connectivity index (χ4v) is 5.16. The number of para-hydroxylation sites is 1. The number of aromatic nitrogens is 1. The van der Waals surface area contributed by atoms with Crippen LogP contribution >= 0.6 is 35.5 Å². The van der Waals surface area contributed by atoms with E-state index in [9.17, 15) is 4.79 Å². The molecule has 0 radical (unpaired) electrons. The number of carbonyl (C=O) groups is 1. The van der Waals surface area contributed by atoms with Crippen molar-refractivity contribution < 1.29 is 4.79 Å². The summed E-state index contributed by atoms with van der Waals surface area (Å²) in [6.45, 7) is 12.1. The summed E-state index contributed by atoms with van der Waals surface area (Å²) >= 11 is 3.43. The monoisotopic (exact) mass is 477 g/mol. The second-order valence-electron chi connectivity index (χ2n) is 7.52. The van der Waals surface area contributed by atoms with Crippen molar-refractivity contribution >= 4 is 56.8 Å². The van der Waals surface area contributed by atoms with Crippen LogP contribution in [0.25, 0.3) is 10.2 Å². The molecule has 1 heterocycles. The molecule has 0 bridgehead atoms. The molecule has 2 aromatic carbocycles. The Balaban J connectivity index is 0.00000341. The molecule has 0 saturated heterocycles. The summed E-state index contributed by atoms with van der Waals surface area (Å²) in [6, 6.07) is 16.5. The number of hydrogen-bond acceptors (Lipinski definition) is 5. The number of halogens is 1. The predicted octanol–water partition coefficient (Wildman–Crippen LogP) is 6.14. The molecule has 0 aliphatic heterocycles. The summed E-state index contributed by atoms with van der Waals surface area (Å²) in [5, 5.41) is 1.34. The van der Waals surface area contributed by atoms with Gasteiger partial charge in [0.1, 0.15) is 0 Å². The van der Waals surface area contributed by atoms with Gasteiger partial charge in [-0.15, -0.1) is 24.2 Å². The van der Waals surface area contributed by atoms with Crippen LogP contribution in [0.15, 0.2) is 53.4 Å². The van der Waals surface area contributed by atoms with Gasteiger partial charge in [0, 0.05) is 23.2 Å². The van der Waals surface area contributed by atoms with Gasteiger partial charge < -0.3 is 4.90 Å². The second kappa shape index (κ2) is 12.4. The Morgan fingerprint density at radius 1 is 1.03 bits per heavy atom. The Kier molecular flexibility index (Phi) is 10.3. The minimum absolute atomic E-state index is 0. The van der Waals surface area contributed by atoms with Gasteiger partial charge in [0.15, 0.2) is 5.13 Å². The lowest BCUT2D eigenvalue weighted by atomic mass is 10.1. The Morgan fingerprint density at radius 2 is 1.71 bits per heavy atom. The van der Waals surface area contributed by atoms with Crippen LogP contribution < -0.4 is 4.90 Å². The maximum absolute atomic E-state index is 13.3. The number of anilines is 1. The number of nitrogens with zero attached hydrogens (tertiary/aromatic N) is 3. The maximum Gasteiger partial charge on any atom is 0.233 e. The number of carbonyl (C=O) groups excluding carboxylic acids is 1. The molecule has 7 heteroatoms. The second-order valence-corrected chi connectivity index (χ2v) is 10.2. The van der Waals surface area contributed by atoms with E-state index in [2.05, 4.69) is 62.9 Å². The molecule has 3 aromatic rings. The zero-order valence-corrected chi connectivity index (χ0v) is 21.2. The third kappa shape index (κ3) is 7.21. The number of hydrogen-bond donors (Lipinski definition) is 0. The number of likely N-dealkylation sites (N-methyl/N-ethyl adjacent to an activating group) is 1. The van der Waals surface area contributed by atoms with Gasteiger partial charge in [-0.2, -0.15) is 0 Å². The van der Waals surface area contributed by atoms with Gasteiger partial charge in [-0.3, -0.25) is 9.69 Å². The first-order valence-electron chi connectivity index (χ1n) is 10.6. The summed E-state index contributed by atoms with van der Waals surface area (Å²) in [5.41, 5.74) is 2.00. The summed E-state index contributed by atoms with van der Waals surface area (Å²) in [4.78, 5) is 23.5. The fourth-order valence-electron chi connectivity index (χ4n) is 3.31. The predicted molar refractivity (Wildman–Crippen MR) is 138 cm³/mol. The van der Waals surface area contributed by atoms with Crippen LogP contribution in [0.4, 0.5) is 5.13 Å². The highest BCUT2D eigenvalue weighted by Crippen LogP contribution is 2.29. The zero-order chi connectivity index (χ0) is 21.5. The zero-order valence-electron chi connectivity index (χ0n) is 18.7. The quantitative estimate of drug-likeness (QED) is 0.329. The highest BCUT2D eigenvalue weighted by atomic mass is 35.5. The summed E-state index contributed by atoms with van der Waals surface area (Å²) in [5.74, 6) is 0.102. The van der Waals surface area contributed by atoms with Gasteiger partial charge in [-0.05, 0) is 42.9 Å². The molecule has 0 aliphatic carbocycles. The van der Waals surface area contributed by atoms with Gasteiger partial charge in [0.2, 0.25) is 5.91 Å². The molecule has 0 unspecified atom stereocenters. The van der Waals surface area contributed by atoms with Crippen LogP contribution in [-0.4, -0.2) is 47.2 Å². The van der Waals surface area contributed by atoms with E-state index in [4.69, 9.17) is 4.98 Å². The van der Waals surface area contributed by atoms with E-state index in [1.807, 2.05) is 34.9 Å². The number of amides is 1. The minimum Gasteiger partial charge on any atom is -0.302 e. The largest absolute Gasteiger partial charge is 0.302 e. The Morgan fingerprint density at radius 3 is 2.32 bits per heavy atom. The van der Waals surface area contributed by atoms with Crippen molar-refractivity contribution in [1.82, 2.24) is 9.88 Å². The van der Waals surface area contributed by atoms with Gasteiger partial charge >= 0.3 is 0 Å². The van der Waals surface area contributed by atoms with Crippen LogP contribution in [0.2, 0.25) is 0 Å². The normalized spacial score (nSPS) is 11.2. The average Bonchev–Trinajstić information content (AvgIpc) is 3.16. The SMILES string of the molecule is CCN(CC)CCN(C(=O)Cc1ccc(SC(C)C)cc1)c1nc2ccccc2s1.Cl. The lowest BCUT2D eigenvalue weighted by Crippen LogP contribution is -2.39. The first-order valence-corrected chi connectivity index (χ1v) is 12.3. The smallest absolute Gasteiger partial charge is 0.233 e. The van der Waals surface area contributed by atoms with Crippen LogP contribution in [-0.2, 0) is 11.2 Å². The topological polar surface area (TPSA) is 36.4 Å². The molecule has 0 N–H and O–H groups in total. The van der Waals surface area contributed by atoms with Gasteiger partial charge in [-0.25, -0.2) is 4.98 Å². The molecule has 0 fully saturated rings. The van der Waals surface area contributed by atoms with E-state index in [-0.39, 0.29) is 18.3 Å². The van der Waals surface area contributed by atoms with E-state index < -0.39 is 0 Å². The summed E-state index contributed by atoms with van der Waals surface area (Å²) < 4.78 is 1.11. The van der Waals surface area contributed by atoms with E-state index in [1.54, 1.807) is 11.3 Å². The van der Waals surface area contributed by atoms with Crippen molar-refractivity contribution in [3.63, 3.8) is 0 Å². The third-order valence-electron chi connectivity index (χ3n) is 5.00. The van der Waals surface area contributed by atoms with Gasteiger partial charge in [0.25, 0.3) is 0 Å². The number of benzene rings is 2. The van der Waals surface area contributed by atoms with Crippen molar-refractivity contribution in [1.29, 1.82) is 0 Å². The van der Waals surface area contributed by atoms with Crippen molar-refractivity contribution in [2.75, 3.05) is 31.1 Å². The molecule has 0 aliphatic rings. The van der Waals surface area contributed by atoms with Gasteiger partial charge in [-0.1, -0.05) is 63.3 Å². The molecule has 168 valence electrons. The van der Waals surface area contributed by atoms with Crippen molar-refractivity contribution in [3.8, 4) is 0 Å². The van der Waals surface area contributed by atoms with E-state index in [1.165, 1.54) is 4.90 Å². The fraction of sp³-hybridized carbons (Fsp3) is 0.417. The average molecular weight is 478 g/mol.